The van der Waals surface area contributed by atoms with Crippen molar-refractivity contribution in [2.45, 2.75) is 38.2 Å². The zero-order valence-corrected chi connectivity index (χ0v) is 17.7. The predicted octanol–water partition coefficient (Wildman–Crippen LogP) is 5.15. The number of aliphatic hydroxyl groups excluding tert-OH is 1. The molecule has 0 heterocycles. The van der Waals surface area contributed by atoms with E-state index in [0.29, 0.717) is 24.3 Å². The lowest BCUT2D eigenvalue weighted by atomic mass is 9.98. The van der Waals surface area contributed by atoms with Gasteiger partial charge in [-0.25, -0.2) is 0 Å². The number of aliphatic hydroxyl groups is 1. The molecule has 0 bridgehead atoms. The van der Waals surface area contributed by atoms with Crippen molar-refractivity contribution in [3.8, 4) is 5.75 Å². The molecule has 0 amide bonds. The molecule has 0 aliphatic rings. The number of carbonyl (C=O) groups is 2. The molecule has 0 saturated heterocycles. The monoisotopic (exact) mass is 432 g/mol. The zero-order chi connectivity index (χ0) is 22.0. The van der Waals surface area contributed by atoms with Crippen molar-refractivity contribution in [3.63, 3.8) is 0 Å². The molecular formula is C24H29ClO5. The van der Waals surface area contributed by atoms with Crippen LogP contribution in [0.3, 0.4) is 0 Å². The van der Waals surface area contributed by atoms with Crippen LogP contribution in [0, 0.1) is 5.92 Å². The van der Waals surface area contributed by atoms with Crippen LogP contribution in [0.2, 0.25) is 5.02 Å². The molecule has 1 aromatic carbocycles. The summed E-state index contributed by atoms with van der Waals surface area (Å²) in [7, 11) is 0. The fourth-order valence-electron chi connectivity index (χ4n) is 2.49. The number of allylic oxidation sites excluding steroid dienone is 7. The second kappa shape index (κ2) is 16.2. The minimum Gasteiger partial charge on any atom is -0.494 e. The summed E-state index contributed by atoms with van der Waals surface area (Å²) in [4.78, 5) is 21.5. The van der Waals surface area contributed by atoms with Gasteiger partial charge in [0.25, 0.3) is 0 Å². The molecule has 2 N–H and O–H groups in total. The molecule has 1 rings (SSSR count). The Morgan fingerprint density at radius 3 is 2.53 bits per heavy atom. The van der Waals surface area contributed by atoms with Gasteiger partial charge in [0.05, 0.1) is 18.6 Å². The Balaban J connectivity index is 2.19. The lowest BCUT2D eigenvalue weighted by Crippen LogP contribution is -2.20. The second-order valence-electron chi connectivity index (χ2n) is 6.60. The maximum Gasteiger partial charge on any atom is 0.303 e. The Hall–Kier alpha value is -2.63. The van der Waals surface area contributed by atoms with Crippen LogP contribution in [0.1, 0.15) is 32.1 Å². The summed E-state index contributed by atoms with van der Waals surface area (Å²) in [5.41, 5.74) is 0. The Morgan fingerprint density at radius 1 is 1.10 bits per heavy atom. The lowest BCUT2D eigenvalue weighted by Gasteiger charge is -2.13. The summed E-state index contributed by atoms with van der Waals surface area (Å²) in [6, 6.07) is 7.33. The second-order valence-corrected chi connectivity index (χ2v) is 7.03. The van der Waals surface area contributed by atoms with E-state index in [2.05, 4.69) is 6.08 Å². The summed E-state index contributed by atoms with van der Waals surface area (Å²) < 4.78 is 5.61. The first kappa shape index (κ1) is 25.4. The number of benzene rings is 1. The van der Waals surface area contributed by atoms with Gasteiger partial charge < -0.3 is 19.7 Å². The Morgan fingerprint density at radius 2 is 1.83 bits per heavy atom. The number of aliphatic carboxylic acids is 1. The van der Waals surface area contributed by atoms with E-state index in [1.807, 2.05) is 42.5 Å². The van der Waals surface area contributed by atoms with E-state index in [-0.39, 0.29) is 12.8 Å². The van der Waals surface area contributed by atoms with Crippen molar-refractivity contribution in [2.75, 3.05) is 6.61 Å². The number of carboxylic acids is 1. The van der Waals surface area contributed by atoms with Crippen LogP contribution in [0.5, 0.6) is 5.75 Å². The highest BCUT2D eigenvalue weighted by atomic mass is 35.5. The van der Waals surface area contributed by atoms with Crippen LogP contribution in [0.25, 0.3) is 0 Å². The van der Waals surface area contributed by atoms with Gasteiger partial charge >= 0.3 is 5.97 Å². The zero-order valence-electron chi connectivity index (χ0n) is 16.9. The molecule has 6 heteroatoms. The maximum atomic E-state index is 11.1. The van der Waals surface area contributed by atoms with E-state index < -0.39 is 18.0 Å². The minimum absolute atomic E-state index is 0.0144. The third-order valence-electron chi connectivity index (χ3n) is 4.10. The largest absolute Gasteiger partial charge is 0.494 e. The SMILES string of the molecule is O=C[C@H](/C=C/C=C/C=C\C=C\CCCOc1cccc(Cl)c1)[C@@H](O)CCCC(=O)O. The summed E-state index contributed by atoms with van der Waals surface area (Å²) >= 11 is 5.90. The van der Waals surface area contributed by atoms with Crippen molar-refractivity contribution < 1.29 is 24.5 Å². The number of unbranched alkanes of at least 4 members (excludes halogenated alkanes) is 1. The third-order valence-corrected chi connectivity index (χ3v) is 4.33. The van der Waals surface area contributed by atoms with Crippen LogP contribution in [0.4, 0.5) is 0 Å². The van der Waals surface area contributed by atoms with Gasteiger partial charge in [-0.3, -0.25) is 4.79 Å². The van der Waals surface area contributed by atoms with Crippen molar-refractivity contribution in [1.29, 1.82) is 0 Å². The fourth-order valence-corrected chi connectivity index (χ4v) is 2.67. The maximum absolute atomic E-state index is 11.1. The summed E-state index contributed by atoms with van der Waals surface area (Å²) in [6.07, 6.45) is 16.9. The normalized spacial score (nSPS) is 14.1. The number of hydrogen-bond donors (Lipinski definition) is 2. The van der Waals surface area contributed by atoms with Crippen molar-refractivity contribution in [1.82, 2.24) is 0 Å². The number of carbonyl (C=O) groups excluding carboxylic acids is 1. The summed E-state index contributed by atoms with van der Waals surface area (Å²) in [5.74, 6) is -0.773. The Kier molecular flexibility index (Phi) is 13.7. The first-order valence-electron chi connectivity index (χ1n) is 9.93. The van der Waals surface area contributed by atoms with Gasteiger partial charge in [0, 0.05) is 11.4 Å². The minimum atomic E-state index is -0.907. The van der Waals surface area contributed by atoms with E-state index >= 15 is 0 Å². The van der Waals surface area contributed by atoms with Crippen LogP contribution < -0.4 is 4.74 Å². The average molecular weight is 433 g/mol. The van der Waals surface area contributed by atoms with Gasteiger partial charge in [-0.1, -0.05) is 66.3 Å². The molecule has 0 spiro atoms. The smallest absolute Gasteiger partial charge is 0.303 e. The lowest BCUT2D eigenvalue weighted by molar-refractivity contribution is -0.137. The number of ether oxygens (including phenoxy) is 1. The van der Waals surface area contributed by atoms with Crippen LogP contribution in [0.15, 0.2) is 72.9 Å². The van der Waals surface area contributed by atoms with Gasteiger partial charge in [-0.2, -0.15) is 0 Å². The van der Waals surface area contributed by atoms with Crippen molar-refractivity contribution in [2.24, 2.45) is 5.92 Å². The number of carboxylic acid groups (broad SMARTS) is 1. The van der Waals surface area contributed by atoms with E-state index in [0.717, 1.165) is 18.6 Å². The highest BCUT2D eigenvalue weighted by Gasteiger charge is 2.15. The predicted molar refractivity (Wildman–Crippen MR) is 120 cm³/mol. The first-order chi connectivity index (χ1) is 14.5. The molecule has 162 valence electrons. The van der Waals surface area contributed by atoms with E-state index in [1.54, 1.807) is 24.3 Å². The molecule has 5 nitrogen and oxygen atoms in total. The quantitative estimate of drug-likeness (QED) is 0.227. The number of halogens is 1. The number of hydrogen-bond acceptors (Lipinski definition) is 4. The number of aldehydes is 1. The van der Waals surface area contributed by atoms with Crippen molar-refractivity contribution in [3.05, 3.63) is 77.9 Å². The highest BCUT2D eigenvalue weighted by Crippen LogP contribution is 2.17. The molecule has 0 aromatic heterocycles. The molecule has 2 atom stereocenters. The molecule has 1 aromatic rings. The molecule has 0 fully saturated rings. The molecule has 0 saturated carbocycles. The van der Waals surface area contributed by atoms with Gasteiger partial charge in [-0.15, -0.1) is 0 Å². The summed E-state index contributed by atoms with van der Waals surface area (Å²) in [5, 5.41) is 19.2. The summed E-state index contributed by atoms with van der Waals surface area (Å²) in [6.45, 7) is 0.624. The molecule has 0 radical (unpaired) electrons. The molecule has 0 aliphatic heterocycles. The molecule has 0 aliphatic carbocycles. The topological polar surface area (TPSA) is 83.8 Å². The first-order valence-corrected chi connectivity index (χ1v) is 10.3. The van der Waals surface area contributed by atoms with Crippen LogP contribution >= 0.6 is 11.6 Å². The Labute approximate surface area is 183 Å². The third kappa shape index (κ3) is 12.8. The highest BCUT2D eigenvalue weighted by molar-refractivity contribution is 6.30. The standard InChI is InChI=1S/C24H29ClO5/c25-21-13-10-14-22(18-21)30-17-9-7-5-3-1-2-4-6-8-12-20(19-26)23(27)15-11-16-24(28)29/h1-6,8,10,12-14,18-20,23,27H,7,9,11,15-17H2,(H,28,29)/b2-1-,5-3+,6-4+,12-8+/t20-,23-/m0/s1. The van der Waals surface area contributed by atoms with Gasteiger partial charge in [0.1, 0.15) is 12.0 Å². The Bertz CT molecular complexity index is 752. The van der Waals surface area contributed by atoms with E-state index in [4.69, 9.17) is 21.4 Å². The van der Waals surface area contributed by atoms with E-state index in [1.165, 1.54) is 0 Å². The van der Waals surface area contributed by atoms with Crippen LogP contribution in [-0.4, -0.2) is 35.2 Å². The molecule has 0 unspecified atom stereocenters. The molecular weight excluding hydrogens is 404 g/mol. The number of rotatable bonds is 15. The van der Waals surface area contributed by atoms with Crippen LogP contribution in [-0.2, 0) is 9.59 Å². The fraction of sp³-hybridized carbons (Fsp3) is 0.333. The van der Waals surface area contributed by atoms with Gasteiger partial charge in [-0.05, 0) is 43.9 Å². The average Bonchev–Trinajstić information content (AvgIpc) is 2.71. The van der Waals surface area contributed by atoms with E-state index in [9.17, 15) is 14.7 Å². The van der Waals surface area contributed by atoms with Crippen molar-refractivity contribution >= 4 is 23.9 Å². The molecule has 30 heavy (non-hydrogen) atoms. The van der Waals surface area contributed by atoms with Gasteiger partial charge in [0.2, 0.25) is 0 Å². The van der Waals surface area contributed by atoms with Gasteiger partial charge in [0.15, 0.2) is 0 Å².